The first-order chi connectivity index (χ1) is 4.22. The fraction of sp³-hybridized carbons (Fsp3) is 0.143. The summed E-state index contributed by atoms with van der Waals surface area (Å²) in [5.74, 6) is -0.303. The van der Waals surface area contributed by atoms with Gasteiger partial charge in [0.25, 0.3) is 0 Å². The number of halogens is 2. The SMILES string of the molecule is C=C1C(F)=CCC=C1Cl. The normalized spacial score (nSPS) is 19.1. The first-order valence-corrected chi connectivity index (χ1v) is 3.00. The predicted molar refractivity (Wildman–Crippen MR) is 36.9 cm³/mol. The Balaban J connectivity index is 2.86. The molecule has 1 rings (SSSR count). The van der Waals surface area contributed by atoms with E-state index in [0.717, 1.165) is 0 Å². The Morgan fingerprint density at radius 2 is 2.22 bits per heavy atom. The van der Waals surface area contributed by atoms with Gasteiger partial charge in [-0.3, -0.25) is 0 Å². The minimum atomic E-state index is -0.303. The van der Waals surface area contributed by atoms with Crippen LogP contribution in [-0.2, 0) is 0 Å². The third kappa shape index (κ3) is 1.22. The third-order valence-electron chi connectivity index (χ3n) is 1.17. The van der Waals surface area contributed by atoms with Gasteiger partial charge in [0.15, 0.2) is 0 Å². The van der Waals surface area contributed by atoms with Crippen LogP contribution in [-0.4, -0.2) is 0 Å². The van der Waals surface area contributed by atoms with Gasteiger partial charge < -0.3 is 0 Å². The van der Waals surface area contributed by atoms with Gasteiger partial charge >= 0.3 is 0 Å². The second-order valence-electron chi connectivity index (χ2n) is 1.82. The molecular weight excluding hydrogens is 139 g/mol. The summed E-state index contributed by atoms with van der Waals surface area (Å²) < 4.78 is 12.5. The van der Waals surface area contributed by atoms with E-state index in [2.05, 4.69) is 6.58 Å². The quantitative estimate of drug-likeness (QED) is 0.491. The molecule has 0 aromatic rings. The zero-order chi connectivity index (χ0) is 6.85. The average molecular weight is 145 g/mol. The standard InChI is InChI=1S/C7H6ClF/c1-5-6(8)3-2-4-7(5)9/h3-4H,1-2H2. The van der Waals surface area contributed by atoms with Crippen LogP contribution in [0.25, 0.3) is 0 Å². The van der Waals surface area contributed by atoms with Gasteiger partial charge in [-0.25, -0.2) is 4.39 Å². The molecule has 1 aliphatic rings. The van der Waals surface area contributed by atoms with Crippen LogP contribution < -0.4 is 0 Å². The summed E-state index contributed by atoms with van der Waals surface area (Å²) in [7, 11) is 0. The first kappa shape index (κ1) is 6.56. The van der Waals surface area contributed by atoms with Crippen molar-refractivity contribution in [2.45, 2.75) is 6.42 Å². The Hall–Kier alpha value is -0.560. The van der Waals surface area contributed by atoms with Gasteiger partial charge in [-0.05, 0) is 12.5 Å². The van der Waals surface area contributed by atoms with Gasteiger partial charge in [0.05, 0.1) is 0 Å². The summed E-state index contributed by atoms with van der Waals surface area (Å²) in [6, 6.07) is 0. The summed E-state index contributed by atoms with van der Waals surface area (Å²) in [6.45, 7) is 3.43. The minimum Gasteiger partial charge on any atom is -0.207 e. The Bertz CT molecular complexity index is 181. The second-order valence-corrected chi connectivity index (χ2v) is 2.23. The molecule has 48 valence electrons. The lowest BCUT2D eigenvalue weighted by atomic mass is 10.1. The maximum absolute atomic E-state index is 12.5. The van der Waals surface area contributed by atoms with Crippen molar-refractivity contribution < 1.29 is 4.39 Å². The molecule has 0 spiro atoms. The van der Waals surface area contributed by atoms with Crippen molar-refractivity contribution in [1.82, 2.24) is 0 Å². The minimum absolute atomic E-state index is 0.294. The molecule has 0 N–H and O–H groups in total. The van der Waals surface area contributed by atoms with E-state index in [0.29, 0.717) is 17.0 Å². The van der Waals surface area contributed by atoms with E-state index in [9.17, 15) is 4.39 Å². The highest BCUT2D eigenvalue weighted by molar-refractivity contribution is 6.32. The summed E-state index contributed by atoms with van der Waals surface area (Å²) >= 11 is 5.54. The molecule has 0 aliphatic heterocycles. The van der Waals surface area contributed by atoms with Crippen molar-refractivity contribution in [1.29, 1.82) is 0 Å². The molecule has 0 fully saturated rings. The molecule has 0 atom stereocenters. The van der Waals surface area contributed by atoms with Gasteiger partial charge in [-0.1, -0.05) is 24.3 Å². The number of allylic oxidation sites excluding steroid dienone is 5. The van der Waals surface area contributed by atoms with E-state index < -0.39 is 0 Å². The summed E-state index contributed by atoms with van der Waals surface area (Å²) in [5, 5.41) is 0.426. The van der Waals surface area contributed by atoms with Crippen LogP contribution >= 0.6 is 11.6 Å². The average Bonchev–Trinajstić information content (AvgIpc) is 1.83. The van der Waals surface area contributed by atoms with E-state index in [4.69, 9.17) is 11.6 Å². The van der Waals surface area contributed by atoms with E-state index in [1.54, 1.807) is 6.08 Å². The van der Waals surface area contributed by atoms with E-state index >= 15 is 0 Å². The van der Waals surface area contributed by atoms with Gasteiger partial charge in [0, 0.05) is 10.6 Å². The van der Waals surface area contributed by atoms with Crippen molar-refractivity contribution in [3.63, 3.8) is 0 Å². The van der Waals surface area contributed by atoms with Crippen LogP contribution in [0.2, 0.25) is 0 Å². The van der Waals surface area contributed by atoms with Gasteiger partial charge in [-0.15, -0.1) is 0 Å². The molecule has 0 saturated carbocycles. The molecule has 0 aromatic carbocycles. The molecule has 0 nitrogen and oxygen atoms in total. The molecule has 0 heterocycles. The van der Waals surface area contributed by atoms with Crippen molar-refractivity contribution >= 4 is 11.6 Å². The fourth-order valence-electron chi connectivity index (χ4n) is 0.626. The predicted octanol–water partition coefficient (Wildman–Crippen LogP) is 2.92. The fourth-order valence-corrected chi connectivity index (χ4v) is 0.806. The van der Waals surface area contributed by atoms with Crippen molar-refractivity contribution in [2.75, 3.05) is 0 Å². The highest BCUT2D eigenvalue weighted by Gasteiger charge is 2.07. The zero-order valence-corrected chi connectivity index (χ0v) is 5.58. The lowest BCUT2D eigenvalue weighted by Crippen LogP contribution is -1.87. The maximum atomic E-state index is 12.5. The van der Waals surface area contributed by atoms with Crippen molar-refractivity contribution in [3.8, 4) is 0 Å². The van der Waals surface area contributed by atoms with Crippen molar-refractivity contribution in [3.05, 3.63) is 35.2 Å². The Labute approximate surface area is 58.3 Å². The summed E-state index contributed by atoms with van der Waals surface area (Å²) in [5.41, 5.74) is 0.294. The van der Waals surface area contributed by atoms with Gasteiger partial charge in [0.1, 0.15) is 5.83 Å². The van der Waals surface area contributed by atoms with Crippen LogP contribution in [0.5, 0.6) is 0 Å². The maximum Gasteiger partial charge on any atom is 0.127 e. The third-order valence-corrected chi connectivity index (χ3v) is 1.55. The number of hydrogen-bond donors (Lipinski definition) is 0. The van der Waals surface area contributed by atoms with Crippen LogP contribution in [0.1, 0.15) is 6.42 Å². The van der Waals surface area contributed by atoms with Crippen LogP contribution in [0.4, 0.5) is 4.39 Å². The van der Waals surface area contributed by atoms with Gasteiger partial charge in [-0.2, -0.15) is 0 Å². The van der Waals surface area contributed by atoms with Crippen LogP contribution in [0, 0.1) is 0 Å². The summed E-state index contributed by atoms with van der Waals surface area (Å²) in [4.78, 5) is 0. The molecule has 0 unspecified atom stereocenters. The van der Waals surface area contributed by atoms with Crippen LogP contribution in [0.3, 0.4) is 0 Å². The summed E-state index contributed by atoms with van der Waals surface area (Å²) in [6.07, 6.45) is 3.75. The molecule has 1 aliphatic carbocycles. The first-order valence-electron chi connectivity index (χ1n) is 2.63. The highest BCUT2D eigenvalue weighted by Crippen LogP contribution is 2.26. The topological polar surface area (TPSA) is 0 Å². The molecule has 0 amide bonds. The molecular formula is C7H6ClF. The molecule has 0 saturated heterocycles. The smallest absolute Gasteiger partial charge is 0.127 e. The Morgan fingerprint density at radius 3 is 2.67 bits per heavy atom. The number of rotatable bonds is 0. The second kappa shape index (κ2) is 2.36. The zero-order valence-electron chi connectivity index (χ0n) is 4.82. The molecule has 0 radical (unpaired) electrons. The Kier molecular flexibility index (Phi) is 1.72. The lowest BCUT2D eigenvalue weighted by Gasteiger charge is -2.04. The van der Waals surface area contributed by atoms with E-state index in [-0.39, 0.29) is 5.83 Å². The lowest BCUT2D eigenvalue weighted by molar-refractivity contribution is 0.649. The van der Waals surface area contributed by atoms with Crippen LogP contribution in [0.15, 0.2) is 35.2 Å². The molecule has 2 heteroatoms. The molecule has 9 heavy (non-hydrogen) atoms. The monoisotopic (exact) mass is 144 g/mol. The van der Waals surface area contributed by atoms with Gasteiger partial charge in [0.2, 0.25) is 0 Å². The Morgan fingerprint density at radius 1 is 1.56 bits per heavy atom. The largest absolute Gasteiger partial charge is 0.207 e. The molecule has 0 bridgehead atoms. The number of hydrogen-bond acceptors (Lipinski definition) is 0. The van der Waals surface area contributed by atoms with E-state index in [1.165, 1.54) is 6.08 Å². The van der Waals surface area contributed by atoms with Crippen molar-refractivity contribution in [2.24, 2.45) is 0 Å². The van der Waals surface area contributed by atoms with E-state index in [1.807, 2.05) is 0 Å². The highest BCUT2D eigenvalue weighted by atomic mass is 35.5. The molecule has 0 aromatic heterocycles.